The van der Waals surface area contributed by atoms with Crippen molar-refractivity contribution in [2.45, 2.75) is 5.78 Å². The Balaban J connectivity index is 4.33. The standard InChI is InChI=1S/C3H5N2O6P/c4-11-2(6)1(12(9)10)5-3(7)8/h1,5H,4H2,(H-,7,8,9,10)/p+1. The molecule has 0 aromatic carbocycles. The van der Waals surface area contributed by atoms with E-state index in [4.69, 9.17) is 10.00 Å². The molecule has 0 bridgehead atoms. The summed E-state index contributed by atoms with van der Waals surface area (Å²) in [5.74, 6) is 1.20. The largest absolute Gasteiger partial charge is 0.543 e. The van der Waals surface area contributed by atoms with E-state index in [1.165, 1.54) is 5.32 Å². The number of hydrogen-bond acceptors (Lipinski definition) is 5. The van der Waals surface area contributed by atoms with Crippen LogP contribution in [0.15, 0.2) is 0 Å². The van der Waals surface area contributed by atoms with Gasteiger partial charge in [0.15, 0.2) is 0 Å². The topological polar surface area (TPSA) is 139 Å². The molecule has 0 saturated heterocycles. The van der Waals surface area contributed by atoms with Crippen LogP contribution >= 0.6 is 8.03 Å². The Hall–Kier alpha value is -1.24. The second kappa shape index (κ2) is 4.60. The van der Waals surface area contributed by atoms with Crippen molar-refractivity contribution in [3.8, 4) is 0 Å². The average Bonchev–Trinajstić information content (AvgIpc) is 1.98. The Labute approximate surface area is 67.1 Å². The summed E-state index contributed by atoms with van der Waals surface area (Å²) in [5.41, 5.74) is 0. The van der Waals surface area contributed by atoms with Crippen molar-refractivity contribution in [3.05, 3.63) is 0 Å². The molecule has 0 aliphatic heterocycles. The van der Waals surface area contributed by atoms with Crippen molar-refractivity contribution in [1.82, 2.24) is 5.32 Å². The maximum atomic E-state index is 10.5. The van der Waals surface area contributed by atoms with E-state index in [-0.39, 0.29) is 0 Å². The number of hydrogen-bond donors (Lipinski definition) is 4. The van der Waals surface area contributed by atoms with E-state index in [0.717, 1.165) is 0 Å². The van der Waals surface area contributed by atoms with Gasteiger partial charge in [-0.2, -0.15) is 10.8 Å². The summed E-state index contributed by atoms with van der Waals surface area (Å²) < 4.78 is 10.3. The van der Waals surface area contributed by atoms with Crippen LogP contribution in [0.2, 0.25) is 0 Å². The average molecular weight is 197 g/mol. The number of carbonyl (C=O) groups is 2. The van der Waals surface area contributed by atoms with E-state index in [9.17, 15) is 14.2 Å². The monoisotopic (exact) mass is 197 g/mol. The summed E-state index contributed by atoms with van der Waals surface area (Å²) >= 11 is 0. The maximum Gasteiger partial charge on any atom is 0.543 e. The summed E-state index contributed by atoms with van der Waals surface area (Å²) in [4.78, 5) is 32.4. The fourth-order valence-corrected chi connectivity index (χ4v) is 0.848. The molecule has 0 heterocycles. The molecule has 0 aromatic heterocycles. The van der Waals surface area contributed by atoms with E-state index < -0.39 is 25.9 Å². The Bertz CT molecular complexity index is 217. The molecule has 68 valence electrons. The zero-order valence-corrected chi connectivity index (χ0v) is 6.52. The third-order valence-electron chi connectivity index (χ3n) is 0.820. The Morgan fingerprint density at radius 1 is 1.58 bits per heavy atom. The summed E-state index contributed by atoms with van der Waals surface area (Å²) in [5, 5.41) is 9.54. The molecule has 0 spiro atoms. The molecular weight excluding hydrogens is 191 g/mol. The molecule has 2 atom stereocenters. The SMILES string of the molecule is NOC(=O)C(NC(=O)O)[P+](=O)O. The number of nitrogens with one attached hydrogen (secondary N) is 1. The number of rotatable bonds is 3. The van der Waals surface area contributed by atoms with Crippen molar-refractivity contribution < 1.29 is 29.0 Å². The molecule has 0 rings (SSSR count). The van der Waals surface area contributed by atoms with Crippen LogP contribution < -0.4 is 11.2 Å². The highest BCUT2D eigenvalue weighted by Crippen LogP contribution is 2.20. The van der Waals surface area contributed by atoms with Crippen LogP contribution in [-0.4, -0.2) is 27.8 Å². The zero-order chi connectivity index (χ0) is 9.72. The van der Waals surface area contributed by atoms with E-state index in [1.807, 2.05) is 0 Å². The van der Waals surface area contributed by atoms with Crippen LogP contribution in [-0.2, 0) is 14.2 Å². The molecule has 9 heteroatoms. The molecule has 0 radical (unpaired) electrons. The highest BCUT2D eigenvalue weighted by atomic mass is 31.1. The van der Waals surface area contributed by atoms with Crippen LogP contribution in [0.25, 0.3) is 0 Å². The molecule has 5 N–H and O–H groups in total. The van der Waals surface area contributed by atoms with E-state index in [0.29, 0.717) is 0 Å². The number of nitrogens with two attached hydrogens (primary N) is 1. The Morgan fingerprint density at radius 2 is 2.08 bits per heavy atom. The van der Waals surface area contributed by atoms with Crippen LogP contribution in [0.1, 0.15) is 0 Å². The second-order valence-corrected chi connectivity index (χ2v) is 2.71. The maximum absolute atomic E-state index is 10.5. The molecular formula is C3H6N2O6P+. The first-order valence-electron chi connectivity index (χ1n) is 2.54. The summed E-state index contributed by atoms with van der Waals surface area (Å²) in [6.07, 6.45) is -1.62. The highest BCUT2D eigenvalue weighted by Gasteiger charge is 2.40. The highest BCUT2D eigenvalue weighted by molar-refractivity contribution is 7.40. The van der Waals surface area contributed by atoms with E-state index in [2.05, 4.69) is 10.7 Å². The first kappa shape index (κ1) is 10.8. The van der Waals surface area contributed by atoms with Crippen molar-refractivity contribution in [1.29, 1.82) is 0 Å². The molecule has 0 saturated carbocycles. The summed E-state index contributed by atoms with van der Waals surface area (Å²) in [6.45, 7) is 0. The molecule has 12 heavy (non-hydrogen) atoms. The first-order chi connectivity index (χ1) is 5.49. The molecule has 2 unspecified atom stereocenters. The molecule has 0 aliphatic carbocycles. The van der Waals surface area contributed by atoms with Crippen LogP contribution in [0.4, 0.5) is 4.79 Å². The lowest BCUT2D eigenvalue weighted by atomic mass is 10.6. The van der Waals surface area contributed by atoms with Gasteiger partial charge in [0.25, 0.3) is 0 Å². The first-order valence-corrected chi connectivity index (χ1v) is 3.82. The lowest BCUT2D eigenvalue weighted by molar-refractivity contribution is -0.144. The van der Waals surface area contributed by atoms with Crippen LogP contribution in [0.3, 0.4) is 0 Å². The van der Waals surface area contributed by atoms with Gasteiger partial charge in [-0.3, -0.25) is 5.32 Å². The minimum atomic E-state index is -3.04. The fraction of sp³-hybridized carbons (Fsp3) is 0.333. The van der Waals surface area contributed by atoms with Crippen molar-refractivity contribution in [3.63, 3.8) is 0 Å². The van der Waals surface area contributed by atoms with Gasteiger partial charge in [0.05, 0.1) is 0 Å². The molecule has 0 aliphatic rings. The van der Waals surface area contributed by atoms with Crippen molar-refractivity contribution in [2.75, 3.05) is 0 Å². The van der Waals surface area contributed by atoms with Crippen molar-refractivity contribution in [2.24, 2.45) is 5.90 Å². The smallest absolute Gasteiger partial charge is 0.465 e. The minimum absolute atomic E-state index is 1.32. The van der Waals surface area contributed by atoms with Crippen LogP contribution in [0.5, 0.6) is 0 Å². The van der Waals surface area contributed by atoms with Crippen molar-refractivity contribution >= 4 is 20.1 Å². The molecule has 0 aromatic rings. The predicted molar refractivity (Wildman–Crippen MR) is 35.1 cm³/mol. The number of amides is 1. The van der Waals surface area contributed by atoms with Gasteiger partial charge in [-0.15, -0.1) is 0 Å². The molecule has 1 amide bonds. The second-order valence-electron chi connectivity index (χ2n) is 1.59. The number of carboxylic acid groups (broad SMARTS) is 1. The predicted octanol–water partition coefficient (Wildman–Crippen LogP) is -1.27. The van der Waals surface area contributed by atoms with E-state index in [1.54, 1.807) is 0 Å². The van der Waals surface area contributed by atoms with Gasteiger partial charge in [-0.05, 0) is 4.57 Å². The normalized spacial score (nSPS) is 13.0. The molecule has 8 nitrogen and oxygen atoms in total. The fourth-order valence-electron chi connectivity index (χ4n) is 0.386. The van der Waals surface area contributed by atoms with Gasteiger partial charge in [0.1, 0.15) is 0 Å². The van der Waals surface area contributed by atoms with Gasteiger partial charge >= 0.3 is 25.9 Å². The van der Waals surface area contributed by atoms with Gasteiger partial charge in [0.2, 0.25) is 0 Å². The lowest BCUT2D eigenvalue weighted by Gasteiger charge is -2.00. The quantitative estimate of drug-likeness (QED) is 0.326. The Kier molecular flexibility index (Phi) is 4.12. The zero-order valence-electron chi connectivity index (χ0n) is 5.63. The van der Waals surface area contributed by atoms with E-state index >= 15 is 0 Å². The lowest BCUT2D eigenvalue weighted by Crippen LogP contribution is -2.39. The summed E-state index contributed by atoms with van der Waals surface area (Å²) in [6, 6.07) is 0. The third-order valence-corrected chi connectivity index (χ3v) is 1.60. The minimum Gasteiger partial charge on any atom is -0.465 e. The molecule has 0 fully saturated rings. The third kappa shape index (κ3) is 3.24. The summed E-state index contributed by atoms with van der Waals surface area (Å²) in [7, 11) is -3.04. The van der Waals surface area contributed by atoms with Gasteiger partial charge in [-0.1, -0.05) is 0 Å². The number of carbonyl (C=O) groups excluding carboxylic acids is 1. The Morgan fingerprint density at radius 3 is 2.33 bits per heavy atom. The van der Waals surface area contributed by atoms with Gasteiger partial charge in [0, 0.05) is 0 Å². The van der Waals surface area contributed by atoms with Gasteiger partial charge in [-0.25, -0.2) is 9.59 Å². The van der Waals surface area contributed by atoms with Gasteiger partial charge < -0.3 is 9.94 Å². The van der Waals surface area contributed by atoms with Crippen LogP contribution in [0, 0.1) is 0 Å².